The van der Waals surface area contributed by atoms with Crippen LogP contribution in [-0.4, -0.2) is 74.0 Å². The van der Waals surface area contributed by atoms with Crippen LogP contribution >= 0.6 is 0 Å². The lowest BCUT2D eigenvalue weighted by molar-refractivity contribution is -0.127. The number of hydrogen-bond acceptors (Lipinski definition) is 7. The summed E-state index contributed by atoms with van der Waals surface area (Å²) in [5.41, 5.74) is 1.38. The van der Waals surface area contributed by atoms with Crippen molar-refractivity contribution in [2.24, 2.45) is 0 Å². The van der Waals surface area contributed by atoms with Gasteiger partial charge in [0, 0.05) is 44.6 Å². The number of carbonyl (C=O) groups excluding carboxylic acids is 2. The summed E-state index contributed by atoms with van der Waals surface area (Å²) in [4.78, 5) is 38.4. The highest BCUT2D eigenvalue weighted by Gasteiger charge is 2.50. The molecule has 3 heterocycles. The van der Waals surface area contributed by atoms with E-state index in [1.807, 2.05) is 43.0 Å². The Morgan fingerprint density at radius 3 is 2.82 bits per heavy atom. The molecule has 33 heavy (non-hydrogen) atoms. The van der Waals surface area contributed by atoms with Crippen molar-refractivity contribution in [1.29, 1.82) is 0 Å². The van der Waals surface area contributed by atoms with E-state index in [1.165, 1.54) is 0 Å². The van der Waals surface area contributed by atoms with E-state index in [4.69, 9.17) is 14.5 Å². The van der Waals surface area contributed by atoms with Crippen molar-refractivity contribution < 1.29 is 19.1 Å². The molecule has 0 spiro atoms. The minimum absolute atomic E-state index is 0.0112. The summed E-state index contributed by atoms with van der Waals surface area (Å²) >= 11 is 0. The lowest BCUT2D eigenvalue weighted by atomic mass is 9.93. The van der Waals surface area contributed by atoms with Crippen molar-refractivity contribution >= 4 is 29.1 Å². The zero-order valence-corrected chi connectivity index (χ0v) is 19.3. The fourth-order valence-corrected chi connectivity index (χ4v) is 4.19. The number of anilines is 3. The average Bonchev–Trinajstić information content (AvgIpc) is 2.82. The first-order valence-corrected chi connectivity index (χ1v) is 11.2. The number of urea groups is 1. The summed E-state index contributed by atoms with van der Waals surface area (Å²) in [5.74, 6) is 1.27. The van der Waals surface area contributed by atoms with Crippen molar-refractivity contribution in [1.82, 2.24) is 15.3 Å². The number of rotatable bonds is 7. The van der Waals surface area contributed by atoms with E-state index in [1.54, 1.807) is 18.2 Å². The number of nitrogens with zero attached hydrogens (tertiary/aromatic N) is 4. The number of amides is 3. The minimum Gasteiger partial charge on any atom is -0.385 e. The Bertz CT molecular complexity index is 1010. The monoisotopic (exact) mass is 454 g/mol. The molecule has 4 rings (SSSR count). The molecule has 0 aliphatic carbocycles. The Morgan fingerprint density at radius 1 is 1.30 bits per heavy atom. The molecule has 176 valence electrons. The molecule has 1 atom stereocenters. The van der Waals surface area contributed by atoms with Crippen LogP contribution in [0.4, 0.5) is 22.0 Å². The van der Waals surface area contributed by atoms with Crippen LogP contribution in [0.25, 0.3) is 11.4 Å². The smallest absolute Gasteiger partial charge is 0.319 e. The quantitative estimate of drug-likeness (QED) is 0.618. The predicted molar refractivity (Wildman–Crippen MR) is 126 cm³/mol. The van der Waals surface area contributed by atoms with E-state index in [0.29, 0.717) is 63.1 Å². The third-order valence-corrected chi connectivity index (χ3v) is 5.91. The molecule has 1 fully saturated rings. The van der Waals surface area contributed by atoms with Gasteiger partial charge in [-0.25, -0.2) is 14.8 Å². The summed E-state index contributed by atoms with van der Waals surface area (Å²) in [6.07, 6.45) is 2.43. The Labute approximate surface area is 193 Å². The van der Waals surface area contributed by atoms with Gasteiger partial charge in [0.2, 0.25) is 0 Å². The maximum absolute atomic E-state index is 13.4. The number of methoxy groups -OCH3 is 1. The number of benzene rings is 1. The van der Waals surface area contributed by atoms with E-state index in [0.717, 1.165) is 11.4 Å². The van der Waals surface area contributed by atoms with Gasteiger partial charge in [-0.15, -0.1) is 0 Å². The zero-order valence-electron chi connectivity index (χ0n) is 19.3. The normalized spacial score (nSPS) is 19.7. The highest BCUT2D eigenvalue weighted by Crippen LogP contribution is 2.41. The second-order valence-corrected chi connectivity index (χ2v) is 8.25. The fourth-order valence-electron chi connectivity index (χ4n) is 4.19. The van der Waals surface area contributed by atoms with Gasteiger partial charge < -0.3 is 29.9 Å². The van der Waals surface area contributed by atoms with Crippen molar-refractivity contribution in [3.8, 4) is 11.4 Å². The van der Waals surface area contributed by atoms with E-state index in [-0.39, 0.29) is 11.9 Å². The van der Waals surface area contributed by atoms with Gasteiger partial charge >= 0.3 is 6.03 Å². The SMILES string of the molecule is CCNC(=O)Nc1ccc(-c2ncc3c(n2)N2CCOCC2(C)C(=O)N3CCCOC)cc1. The number of aromatic nitrogens is 2. The Hall–Kier alpha value is -3.24. The molecule has 0 saturated carbocycles. The number of ether oxygens (including phenoxy) is 2. The topological polar surface area (TPSA) is 109 Å². The van der Waals surface area contributed by atoms with Crippen molar-refractivity contribution in [2.75, 3.05) is 61.7 Å². The van der Waals surface area contributed by atoms with E-state index >= 15 is 0 Å². The molecule has 1 aromatic carbocycles. The first kappa shape index (κ1) is 22.9. The molecule has 3 amide bonds. The van der Waals surface area contributed by atoms with Gasteiger partial charge in [0.05, 0.1) is 19.4 Å². The lowest BCUT2D eigenvalue weighted by Crippen LogP contribution is -2.67. The lowest BCUT2D eigenvalue weighted by Gasteiger charge is -2.50. The Kier molecular flexibility index (Phi) is 6.75. The molecule has 2 N–H and O–H groups in total. The molecule has 2 aliphatic heterocycles. The maximum Gasteiger partial charge on any atom is 0.319 e. The molecule has 2 aromatic rings. The summed E-state index contributed by atoms with van der Waals surface area (Å²) in [6.45, 7) is 6.83. The predicted octanol–water partition coefficient (Wildman–Crippen LogP) is 2.26. The van der Waals surface area contributed by atoms with E-state index in [9.17, 15) is 9.59 Å². The third kappa shape index (κ3) is 4.49. The van der Waals surface area contributed by atoms with Crippen LogP contribution in [0.15, 0.2) is 30.5 Å². The number of nitrogens with one attached hydrogen (secondary N) is 2. The summed E-state index contributed by atoms with van der Waals surface area (Å²) in [6, 6.07) is 7.11. The molecule has 0 radical (unpaired) electrons. The zero-order chi connectivity index (χ0) is 23.4. The minimum atomic E-state index is -0.815. The molecule has 2 aliphatic rings. The van der Waals surface area contributed by atoms with Gasteiger partial charge in [0.1, 0.15) is 11.2 Å². The fraction of sp³-hybridized carbons (Fsp3) is 0.478. The Balaban J connectivity index is 1.66. The summed E-state index contributed by atoms with van der Waals surface area (Å²) in [7, 11) is 1.65. The number of carbonyl (C=O) groups is 2. The molecule has 1 aromatic heterocycles. The maximum atomic E-state index is 13.4. The van der Waals surface area contributed by atoms with Crippen LogP contribution in [0.2, 0.25) is 0 Å². The van der Waals surface area contributed by atoms with E-state index < -0.39 is 5.54 Å². The molecular weight excluding hydrogens is 424 g/mol. The summed E-state index contributed by atoms with van der Waals surface area (Å²) < 4.78 is 10.9. The van der Waals surface area contributed by atoms with Gasteiger partial charge in [-0.1, -0.05) is 0 Å². The first-order valence-electron chi connectivity index (χ1n) is 11.2. The van der Waals surface area contributed by atoms with Crippen LogP contribution in [0.1, 0.15) is 20.3 Å². The third-order valence-electron chi connectivity index (χ3n) is 5.91. The van der Waals surface area contributed by atoms with Crippen LogP contribution in [0.5, 0.6) is 0 Å². The van der Waals surface area contributed by atoms with Gasteiger partial charge in [0.25, 0.3) is 5.91 Å². The van der Waals surface area contributed by atoms with Crippen molar-refractivity contribution in [2.45, 2.75) is 25.8 Å². The number of fused-ring (bicyclic) bond motifs is 3. The van der Waals surface area contributed by atoms with Crippen LogP contribution in [0.3, 0.4) is 0 Å². The first-order chi connectivity index (χ1) is 16.0. The second kappa shape index (κ2) is 9.72. The molecule has 10 heteroatoms. The largest absolute Gasteiger partial charge is 0.385 e. The van der Waals surface area contributed by atoms with Gasteiger partial charge in [-0.05, 0) is 44.5 Å². The van der Waals surface area contributed by atoms with E-state index in [2.05, 4.69) is 15.6 Å². The molecular formula is C23H30N6O4. The molecule has 1 unspecified atom stereocenters. The average molecular weight is 455 g/mol. The van der Waals surface area contributed by atoms with Crippen molar-refractivity contribution in [3.05, 3.63) is 30.5 Å². The van der Waals surface area contributed by atoms with Gasteiger partial charge in [0.15, 0.2) is 11.6 Å². The number of morpholine rings is 1. The molecule has 0 bridgehead atoms. The molecule has 1 saturated heterocycles. The van der Waals surface area contributed by atoms with Crippen LogP contribution in [-0.2, 0) is 14.3 Å². The standard InChI is InChI=1S/C23H30N6O4/c1-4-24-22(31)26-17-8-6-16(7-9-17)19-25-14-18-20(27-19)29-11-13-33-15-23(29,2)21(30)28(18)10-5-12-32-3/h6-9,14H,4-5,10-13,15H2,1-3H3,(H2,24,26,31). The van der Waals surface area contributed by atoms with Gasteiger partial charge in [-0.3, -0.25) is 4.79 Å². The highest BCUT2D eigenvalue weighted by molar-refractivity contribution is 6.07. The second-order valence-electron chi connectivity index (χ2n) is 8.25. The number of hydrogen-bond donors (Lipinski definition) is 2. The highest BCUT2D eigenvalue weighted by atomic mass is 16.5. The molecule has 10 nitrogen and oxygen atoms in total. The van der Waals surface area contributed by atoms with Crippen molar-refractivity contribution in [3.63, 3.8) is 0 Å². The van der Waals surface area contributed by atoms with Gasteiger partial charge in [-0.2, -0.15) is 0 Å². The van der Waals surface area contributed by atoms with Crippen LogP contribution in [0, 0.1) is 0 Å². The summed E-state index contributed by atoms with van der Waals surface area (Å²) in [5, 5.41) is 5.48. The Morgan fingerprint density at radius 2 is 2.09 bits per heavy atom. The van der Waals surface area contributed by atoms with Crippen LogP contribution < -0.4 is 20.4 Å².